The van der Waals surface area contributed by atoms with Gasteiger partial charge in [-0.05, 0) is 36.2 Å². The average Bonchev–Trinajstić information content (AvgIpc) is 2.39. The van der Waals surface area contributed by atoms with Gasteiger partial charge < -0.3 is 4.90 Å². The monoisotopic (exact) mass is 241 g/mol. The van der Waals surface area contributed by atoms with Crippen LogP contribution >= 0.6 is 11.8 Å². The van der Waals surface area contributed by atoms with Crippen LogP contribution < -0.4 is 4.90 Å². The molecular weight excluding hydrogens is 226 g/mol. The number of benzene rings is 2. The van der Waals surface area contributed by atoms with Gasteiger partial charge >= 0.3 is 0 Å². The summed E-state index contributed by atoms with van der Waals surface area (Å²) in [7, 11) is 2.15. The molecule has 2 aromatic carbocycles. The van der Waals surface area contributed by atoms with E-state index >= 15 is 0 Å². The van der Waals surface area contributed by atoms with Gasteiger partial charge in [0.1, 0.15) is 0 Å². The molecule has 1 aliphatic rings. The Labute approximate surface area is 106 Å². The molecule has 2 aromatic rings. The van der Waals surface area contributed by atoms with Crippen molar-refractivity contribution in [2.75, 3.05) is 11.9 Å². The van der Waals surface area contributed by atoms with E-state index in [4.69, 9.17) is 0 Å². The van der Waals surface area contributed by atoms with Crippen molar-refractivity contribution in [3.8, 4) is 0 Å². The highest BCUT2D eigenvalue weighted by atomic mass is 32.2. The molecule has 2 heteroatoms. The van der Waals surface area contributed by atoms with Gasteiger partial charge in [-0.1, -0.05) is 36.9 Å². The van der Waals surface area contributed by atoms with Crippen molar-refractivity contribution in [3.63, 3.8) is 0 Å². The maximum absolute atomic E-state index is 2.30. The smallest absolute Gasteiger partial charge is 0.0552 e. The second-order valence-electron chi connectivity index (χ2n) is 4.28. The van der Waals surface area contributed by atoms with Gasteiger partial charge in [-0.2, -0.15) is 0 Å². The van der Waals surface area contributed by atoms with E-state index in [1.54, 1.807) is 0 Å². The molecule has 86 valence electrons. The maximum atomic E-state index is 2.30. The second kappa shape index (κ2) is 4.11. The van der Waals surface area contributed by atoms with Gasteiger partial charge in [0.25, 0.3) is 0 Å². The number of nitrogens with zero attached hydrogens (tertiary/aromatic N) is 1. The summed E-state index contributed by atoms with van der Waals surface area (Å²) in [5.41, 5.74) is 4.03. The molecule has 1 heterocycles. The van der Waals surface area contributed by atoms with Crippen molar-refractivity contribution in [2.45, 2.75) is 23.1 Å². The summed E-state index contributed by atoms with van der Waals surface area (Å²) in [5.74, 6) is 0. The van der Waals surface area contributed by atoms with Gasteiger partial charge in [-0.3, -0.25) is 0 Å². The molecule has 0 N–H and O–H groups in total. The summed E-state index contributed by atoms with van der Waals surface area (Å²) in [6, 6.07) is 15.4. The fourth-order valence-electron chi connectivity index (χ4n) is 2.20. The molecular formula is C15H15NS. The maximum Gasteiger partial charge on any atom is 0.0552 e. The van der Waals surface area contributed by atoms with Crippen LogP contribution in [-0.2, 0) is 6.42 Å². The molecule has 3 rings (SSSR count). The number of hydrogen-bond acceptors (Lipinski definition) is 2. The number of rotatable bonds is 1. The van der Waals surface area contributed by atoms with Gasteiger partial charge in [-0.25, -0.2) is 0 Å². The molecule has 0 saturated heterocycles. The fourth-order valence-corrected chi connectivity index (χ4v) is 3.33. The fraction of sp³-hybridized carbons (Fsp3) is 0.200. The van der Waals surface area contributed by atoms with Crippen LogP contribution in [0.25, 0.3) is 0 Å². The first-order valence-corrected chi connectivity index (χ1v) is 6.75. The zero-order valence-corrected chi connectivity index (χ0v) is 10.9. The number of aryl methyl sites for hydroxylation is 1. The molecule has 0 amide bonds. The van der Waals surface area contributed by atoms with Crippen molar-refractivity contribution < 1.29 is 0 Å². The van der Waals surface area contributed by atoms with E-state index in [1.807, 2.05) is 11.8 Å². The summed E-state index contributed by atoms with van der Waals surface area (Å²) >= 11 is 1.86. The highest BCUT2D eigenvalue weighted by Crippen LogP contribution is 2.47. The van der Waals surface area contributed by atoms with Crippen molar-refractivity contribution in [1.29, 1.82) is 0 Å². The molecule has 0 saturated carbocycles. The Morgan fingerprint density at radius 3 is 2.59 bits per heavy atom. The average molecular weight is 241 g/mol. The third-order valence-corrected chi connectivity index (χ3v) is 4.37. The third kappa shape index (κ3) is 1.73. The van der Waals surface area contributed by atoms with Crippen LogP contribution in [0.4, 0.5) is 11.4 Å². The van der Waals surface area contributed by atoms with Crippen LogP contribution in [-0.4, -0.2) is 7.05 Å². The van der Waals surface area contributed by atoms with Crippen LogP contribution in [0.1, 0.15) is 12.5 Å². The molecule has 0 spiro atoms. The van der Waals surface area contributed by atoms with Crippen molar-refractivity contribution in [3.05, 3.63) is 48.0 Å². The lowest BCUT2D eigenvalue weighted by molar-refractivity contribution is 1.08. The number of fused-ring (bicyclic) bond motifs is 2. The molecule has 0 bridgehead atoms. The van der Waals surface area contributed by atoms with Gasteiger partial charge in [0.05, 0.1) is 11.4 Å². The number of hydrogen-bond donors (Lipinski definition) is 0. The lowest BCUT2D eigenvalue weighted by Gasteiger charge is -2.29. The van der Waals surface area contributed by atoms with E-state index < -0.39 is 0 Å². The Balaban J connectivity index is 2.13. The predicted octanol–water partition coefficient (Wildman–Crippen LogP) is 4.48. The Kier molecular flexibility index (Phi) is 2.60. The topological polar surface area (TPSA) is 3.24 Å². The quantitative estimate of drug-likeness (QED) is 0.724. The van der Waals surface area contributed by atoms with Gasteiger partial charge in [-0.15, -0.1) is 0 Å². The molecule has 0 fully saturated rings. The largest absolute Gasteiger partial charge is 0.343 e. The minimum absolute atomic E-state index is 1.09. The molecule has 17 heavy (non-hydrogen) atoms. The second-order valence-corrected chi connectivity index (χ2v) is 5.37. The zero-order valence-electron chi connectivity index (χ0n) is 10.1. The van der Waals surface area contributed by atoms with E-state index in [-0.39, 0.29) is 0 Å². The first kappa shape index (κ1) is 10.7. The van der Waals surface area contributed by atoms with Gasteiger partial charge in [0.2, 0.25) is 0 Å². The normalized spacial score (nSPS) is 13.2. The number of para-hydroxylation sites is 1. The summed E-state index contributed by atoms with van der Waals surface area (Å²) in [6.07, 6.45) is 1.09. The first-order valence-electron chi connectivity index (χ1n) is 5.93. The SMILES string of the molecule is CCc1ccc2c(c1)N(C)c1ccccc1S2. The molecule has 0 atom stereocenters. The van der Waals surface area contributed by atoms with E-state index in [1.165, 1.54) is 26.7 Å². The minimum Gasteiger partial charge on any atom is -0.343 e. The van der Waals surface area contributed by atoms with Crippen LogP contribution in [0.2, 0.25) is 0 Å². The van der Waals surface area contributed by atoms with Crippen molar-refractivity contribution >= 4 is 23.1 Å². The molecule has 1 aliphatic heterocycles. The Hall–Kier alpha value is -1.41. The van der Waals surface area contributed by atoms with Crippen LogP contribution in [0.3, 0.4) is 0 Å². The summed E-state index contributed by atoms with van der Waals surface area (Å²) < 4.78 is 0. The van der Waals surface area contributed by atoms with Gasteiger partial charge in [0.15, 0.2) is 0 Å². The van der Waals surface area contributed by atoms with E-state index in [9.17, 15) is 0 Å². The van der Waals surface area contributed by atoms with E-state index in [2.05, 4.69) is 61.3 Å². The summed E-state index contributed by atoms with van der Waals surface area (Å²) in [4.78, 5) is 4.98. The first-order chi connectivity index (χ1) is 8.29. The van der Waals surface area contributed by atoms with Crippen molar-refractivity contribution in [1.82, 2.24) is 0 Å². The highest BCUT2D eigenvalue weighted by Gasteiger charge is 2.19. The lowest BCUT2D eigenvalue weighted by Crippen LogP contribution is -2.14. The Morgan fingerprint density at radius 1 is 1.00 bits per heavy atom. The molecule has 0 aliphatic carbocycles. The Bertz CT molecular complexity index is 563. The molecule has 1 nitrogen and oxygen atoms in total. The Morgan fingerprint density at radius 2 is 1.76 bits per heavy atom. The predicted molar refractivity (Wildman–Crippen MR) is 74.4 cm³/mol. The van der Waals surface area contributed by atoms with Gasteiger partial charge in [0, 0.05) is 16.8 Å². The molecule has 0 aromatic heterocycles. The molecule has 0 radical (unpaired) electrons. The van der Waals surface area contributed by atoms with E-state index in [0.29, 0.717) is 0 Å². The van der Waals surface area contributed by atoms with Crippen LogP contribution in [0, 0.1) is 0 Å². The van der Waals surface area contributed by atoms with E-state index in [0.717, 1.165) is 6.42 Å². The highest BCUT2D eigenvalue weighted by molar-refractivity contribution is 7.99. The minimum atomic E-state index is 1.09. The standard InChI is InChI=1S/C15H15NS/c1-3-11-8-9-15-13(10-11)16(2)12-6-4-5-7-14(12)17-15/h4-10H,3H2,1-2H3. The lowest BCUT2D eigenvalue weighted by atomic mass is 10.1. The van der Waals surface area contributed by atoms with Crippen LogP contribution in [0.15, 0.2) is 52.3 Å². The van der Waals surface area contributed by atoms with Crippen molar-refractivity contribution in [2.24, 2.45) is 0 Å². The van der Waals surface area contributed by atoms with Crippen LogP contribution in [0.5, 0.6) is 0 Å². The summed E-state index contributed by atoms with van der Waals surface area (Å²) in [6.45, 7) is 2.20. The molecule has 0 unspecified atom stereocenters. The third-order valence-electron chi connectivity index (χ3n) is 3.24. The number of anilines is 2. The zero-order chi connectivity index (χ0) is 11.8. The summed E-state index contributed by atoms with van der Waals surface area (Å²) in [5, 5.41) is 0.